The molecule has 0 unspecified atom stereocenters. The highest BCUT2D eigenvalue weighted by Crippen LogP contribution is 2.28. The van der Waals surface area contributed by atoms with Crippen molar-refractivity contribution in [1.29, 1.82) is 0 Å². The fraction of sp³-hybridized carbons (Fsp3) is 0.579. The molecule has 2 heterocycles. The number of halogens is 2. The first-order chi connectivity index (χ1) is 12.1. The lowest BCUT2D eigenvalue weighted by Gasteiger charge is -2.34. The largest absolute Gasteiger partial charge is 0.423 e. The van der Waals surface area contributed by atoms with E-state index in [0.29, 0.717) is 18.4 Å². The molecule has 2 N–H and O–H groups in total. The quantitative estimate of drug-likeness (QED) is 0.834. The number of carbonyl (C=O) groups excluding carboxylic acids is 1. The number of oxazole rings is 1. The minimum Gasteiger partial charge on any atom is -0.423 e. The van der Waals surface area contributed by atoms with Gasteiger partial charge in [-0.3, -0.25) is 4.79 Å². The first kappa shape index (κ1) is 21.8. The third kappa shape index (κ3) is 4.68. The van der Waals surface area contributed by atoms with Crippen molar-refractivity contribution in [3.05, 3.63) is 23.8 Å². The number of aryl methyl sites for hydroxylation is 1. The van der Waals surface area contributed by atoms with Crippen LogP contribution in [0.2, 0.25) is 0 Å². The van der Waals surface area contributed by atoms with E-state index in [0.717, 1.165) is 56.5 Å². The summed E-state index contributed by atoms with van der Waals surface area (Å²) in [5.74, 6) is 0.612. The van der Waals surface area contributed by atoms with Gasteiger partial charge in [0.1, 0.15) is 5.52 Å². The van der Waals surface area contributed by atoms with Gasteiger partial charge in [0.05, 0.1) is 0 Å². The van der Waals surface area contributed by atoms with Gasteiger partial charge in [-0.05, 0) is 43.4 Å². The Morgan fingerprint density at radius 3 is 2.63 bits per heavy atom. The number of hydrogen-bond donors (Lipinski definition) is 1. The number of carbonyl (C=O) groups is 1. The second kappa shape index (κ2) is 9.13. The molecule has 1 saturated carbocycles. The number of anilines is 1. The van der Waals surface area contributed by atoms with E-state index in [4.69, 9.17) is 10.2 Å². The number of rotatable bonds is 3. The van der Waals surface area contributed by atoms with E-state index in [1.807, 2.05) is 23.1 Å². The van der Waals surface area contributed by atoms with Crippen LogP contribution in [-0.4, -0.2) is 48.0 Å². The van der Waals surface area contributed by atoms with E-state index in [1.54, 1.807) is 0 Å². The second-order valence-corrected chi connectivity index (χ2v) is 7.39. The summed E-state index contributed by atoms with van der Waals surface area (Å²) in [7, 11) is 0. The summed E-state index contributed by atoms with van der Waals surface area (Å²) in [5, 5.41) is 0. The Balaban J connectivity index is 0.00000131. The van der Waals surface area contributed by atoms with E-state index >= 15 is 0 Å². The van der Waals surface area contributed by atoms with Crippen molar-refractivity contribution in [3.8, 4) is 0 Å². The Labute approximate surface area is 172 Å². The summed E-state index contributed by atoms with van der Waals surface area (Å²) in [6, 6.07) is 6.89. The first-order valence-corrected chi connectivity index (χ1v) is 9.25. The number of fused-ring (bicyclic) bond motifs is 1. The maximum atomic E-state index is 12.5. The molecule has 0 bridgehead atoms. The predicted octanol–water partition coefficient (Wildman–Crippen LogP) is 3.15. The van der Waals surface area contributed by atoms with Crippen molar-refractivity contribution in [2.75, 3.05) is 31.1 Å². The van der Waals surface area contributed by atoms with Crippen LogP contribution in [0.4, 0.5) is 6.01 Å². The average molecular weight is 415 g/mol. The minimum atomic E-state index is 0. The Bertz CT molecular complexity index is 774. The topological polar surface area (TPSA) is 75.6 Å². The molecule has 2 atom stereocenters. The lowest BCUT2D eigenvalue weighted by atomic mass is 9.99. The van der Waals surface area contributed by atoms with Gasteiger partial charge in [0.15, 0.2) is 5.58 Å². The summed E-state index contributed by atoms with van der Waals surface area (Å²) >= 11 is 0. The van der Waals surface area contributed by atoms with Crippen LogP contribution >= 0.6 is 24.8 Å². The number of nitrogens with zero attached hydrogens (tertiary/aromatic N) is 3. The average Bonchev–Trinajstić information content (AvgIpc) is 3.21. The molecule has 4 rings (SSSR count). The van der Waals surface area contributed by atoms with Gasteiger partial charge in [0.2, 0.25) is 5.91 Å². The fourth-order valence-electron chi connectivity index (χ4n) is 3.98. The molecule has 2 aliphatic rings. The Morgan fingerprint density at radius 1 is 1.22 bits per heavy atom. The van der Waals surface area contributed by atoms with Crippen LogP contribution in [-0.2, 0) is 4.79 Å². The highest BCUT2D eigenvalue weighted by atomic mass is 35.5. The molecule has 1 aromatic heterocycles. The van der Waals surface area contributed by atoms with Gasteiger partial charge >= 0.3 is 0 Å². The number of piperazine rings is 1. The summed E-state index contributed by atoms with van der Waals surface area (Å²) in [5.41, 5.74) is 8.98. The summed E-state index contributed by atoms with van der Waals surface area (Å²) in [4.78, 5) is 21.2. The van der Waals surface area contributed by atoms with Gasteiger partial charge < -0.3 is 20.0 Å². The molecule has 1 saturated heterocycles. The Kier molecular flexibility index (Phi) is 7.37. The molecular weight excluding hydrogens is 387 g/mol. The second-order valence-electron chi connectivity index (χ2n) is 7.39. The molecule has 1 aromatic carbocycles. The SMILES string of the molecule is Cc1ccc2oc(N3CCN(C(=O)C[C@@H]4CCC[C@H]4N)CC3)nc2c1.Cl.Cl. The third-order valence-electron chi connectivity index (χ3n) is 5.59. The van der Waals surface area contributed by atoms with Gasteiger partial charge in [-0.25, -0.2) is 0 Å². The van der Waals surface area contributed by atoms with Gasteiger partial charge in [-0.2, -0.15) is 4.98 Å². The number of benzene rings is 1. The molecule has 2 aromatic rings. The smallest absolute Gasteiger partial charge is 0.298 e. The van der Waals surface area contributed by atoms with Crippen molar-refractivity contribution >= 4 is 47.8 Å². The molecule has 1 aliphatic heterocycles. The molecule has 0 spiro atoms. The van der Waals surface area contributed by atoms with E-state index in [9.17, 15) is 4.79 Å². The Hall–Kier alpha value is -1.50. The minimum absolute atomic E-state index is 0. The molecule has 27 heavy (non-hydrogen) atoms. The van der Waals surface area contributed by atoms with Crippen LogP contribution < -0.4 is 10.6 Å². The summed E-state index contributed by atoms with van der Waals surface area (Å²) < 4.78 is 5.87. The van der Waals surface area contributed by atoms with E-state index in [1.165, 1.54) is 5.56 Å². The molecule has 150 valence electrons. The maximum absolute atomic E-state index is 12.5. The molecular formula is C19H28Cl2N4O2. The number of amides is 1. The predicted molar refractivity (Wildman–Crippen MR) is 112 cm³/mol. The van der Waals surface area contributed by atoms with Crippen LogP contribution in [0.3, 0.4) is 0 Å². The molecule has 0 radical (unpaired) electrons. The first-order valence-electron chi connectivity index (χ1n) is 9.25. The van der Waals surface area contributed by atoms with Crippen LogP contribution in [0, 0.1) is 12.8 Å². The lowest BCUT2D eigenvalue weighted by Crippen LogP contribution is -2.49. The third-order valence-corrected chi connectivity index (χ3v) is 5.59. The molecule has 6 nitrogen and oxygen atoms in total. The zero-order valence-corrected chi connectivity index (χ0v) is 17.2. The highest BCUT2D eigenvalue weighted by Gasteiger charge is 2.30. The molecule has 2 fully saturated rings. The zero-order valence-electron chi connectivity index (χ0n) is 15.6. The van der Waals surface area contributed by atoms with Crippen molar-refractivity contribution in [3.63, 3.8) is 0 Å². The standard InChI is InChI=1S/C19H26N4O2.2ClH/c1-13-5-6-17-16(11-13)21-19(25-17)23-9-7-22(8-10-23)18(24)12-14-3-2-4-15(14)20;;/h5-6,11,14-15H,2-4,7-10,12,20H2,1H3;2*1H/t14-,15+;;/m0../s1. The van der Waals surface area contributed by atoms with Crippen molar-refractivity contribution < 1.29 is 9.21 Å². The zero-order chi connectivity index (χ0) is 17.4. The lowest BCUT2D eigenvalue weighted by molar-refractivity contribution is -0.132. The van der Waals surface area contributed by atoms with Gasteiger partial charge in [0, 0.05) is 38.6 Å². The maximum Gasteiger partial charge on any atom is 0.298 e. The molecule has 1 amide bonds. The fourth-order valence-corrected chi connectivity index (χ4v) is 3.98. The van der Waals surface area contributed by atoms with E-state index < -0.39 is 0 Å². The van der Waals surface area contributed by atoms with E-state index in [2.05, 4.69) is 16.8 Å². The number of aromatic nitrogens is 1. The molecule has 1 aliphatic carbocycles. The van der Waals surface area contributed by atoms with Gasteiger partial charge in [-0.15, -0.1) is 24.8 Å². The van der Waals surface area contributed by atoms with Crippen molar-refractivity contribution in [1.82, 2.24) is 9.88 Å². The van der Waals surface area contributed by atoms with Crippen LogP contribution in [0.15, 0.2) is 22.6 Å². The van der Waals surface area contributed by atoms with Crippen LogP contribution in [0.1, 0.15) is 31.2 Å². The number of hydrogen-bond acceptors (Lipinski definition) is 5. The monoisotopic (exact) mass is 414 g/mol. The summed E-state index contributed by atoms with van der Waals surface area (Å²) in [6.07, 6.45) is 3.91. The highest BCUT2D eigenvalue weighted by molar-refractivity contribution is 5.85. The summed E-state index contributed by atoms with van der Waals surface area (Å²) in [6.45, 7) is 5.01. The van der Waals surface area contributed by atoms with Crippen molar-refractivity contribution in [2.45, 2.75) is 38.6 Å². The van der Waals surface area contributed by atoms with Crippen LogP contribution in [0.25, 0.3) is 11.1 Å². The van der Waals surface area contributed by atoms with Crippen LogP contribution in [0.5, 0.6) is 0 Å². The van der Waals surface area contributed by atoms with Gasteiger partial charge in [0.25, 0.3) is 6.01 Å². The van der Waals surface area contributed by atoms with Gasteiger partial charge in [-0.1, -0.05) is 12.5 Å². The van der Waals surface area contributed by atoms with Crippen molar-refractivity contribution in [2.24, 2.45) is 11.7 Å². The Morgan fingerprint density at radius 2 is 1.96 bits per heavy atom. The molecule has 8 heteroatoms. The van der Waals surface area contributed by atoms with E-state index in [-0.39, 0.29) is 36.8 Å². The number of nitrogens with two attached hydrogens (primary N) is 1. The normalized spacial score (nSPS) is 22.4.